The zero-order valence-electron chi connectivity index (χ0n) is 12.0. The highest BCUT2D eigenvalue weighted by Crippen LogP contribution is 2.28. The first-order valence-corrected chi connectivity index (χ1v) is 8.49. The highest BCUT2D eigenvalue weighted by Gasteiger charge is 2.09. The van der Waals surface area contributed by atoms with Crippen LogP contribution in [0.1, 0.15) is 16.1 Å². The van der Waals surface area contributed by atoms with Gasteiger partial charge < -0.3 is 10.6 Å². The van der Waals surface area contributed by atoms with E-state index in [0.717, 1.165) is 26.7 Å². The number of nitrogens with two attached hydrogens (primary N) is 1. The van der Waals surface area contributed by atoms with Crippen molar-refractivity contribution in [2.45, 2.75) is 13.5 Å². The lowest BCUT2D eigenvalue weighted by molar-refractivity contribution is 0.132. The van der Waals surface area contributed by atoms with E-state index in [9.17, 15) is 0 Å². The molecule has 3 rings (SSSR count). The van der Waals surface area contributed by atoms with Gasteiger partial charge in [-0.15, -0.1) is 11.3 Å². The number of amidine groups is 1. The Morgan fingerprint density at radius 1 is 1.27 bits per heavy atom. The zero-order valence-corrected chi connectivity index (χ0v) is 13.7. The minimum absolute atomic E-state index is 0.376. The largest absolute Gasteiger partial charge is 0.388 e. The van der Waals surface area contributed by atoms with Crippen molar-refractivity contribution in [1.29, 1.82) is 0 Å². The van der Waals surface area contributed by atoms with Gasteiger partial charge in [-0.05, 0) is 18.4 Å². The first kappa shape index (κ1) is 14.7. The van der Waals surface area contributed by atoms with Crippen LogP contribution in [0.4, 0.5) is 0 Å². The molecule has 3 aromatic rings. The van der Waals surface area contributed by atoms with Crippen molar-refractivity contribution < 1.29 is 4.84 Å². The Morgan fingerprint density at radius 2 is 2.09 bits per heavy atom. The molecule has 0 saturated carbocycles. The first-order valence-electron chi connectivity index (χ1n) is 6.74. The van der Waals surface area contributed by atoms with Crippen molar-refractivity contribution >= 4 is 28.5 Å². The van der Waals surface area contributed by atoms with Crippen molar-refractivity contribution in [2.24, 2.45) is 10.9 Å². The van der Waals surface area contributed by atoms with Gasteiger partial charge in [-0.25, -0.2) is 4.98 Å². The van der Waals surface area contributed by atoms with Crippen molar-refractivity contribution in [3.8, 4) is 10.6 Å². The zero-order chi connectivity index (χ0) is 15.4. The third-order valence-electron chi connectivity index (χ3n) is 3.09. The molecule has 1 aromatic carbocycles. The predicted octanol–water partition coefficient (Wildman–Crippen LogP) is 4.02. The highest BCUT2D eigenvalue weighted by atomic mass is 32.1. The van der Waals surface area contributed by atoms with Crippen LogP contribution in [0, 0.1) is 6.92 Å². The average Bonchev–Trinajstić information content (AvgIpc) is 3.18. The minimum atomic E-state index is 0.376. The average molecular weight is 329 g/mol. The Bertz CT molecular complexity index is 764. The Hall–Kier alpha value is -2.18. The lowest BCUT2D eigenvalue weighted by Crippen LogP contribution is -2.12. The maximum Gasteiger partial charge on any atom is 0.171 e. The standard InChI is InChI=1S/C16H15N3OS2/c1-11-14(9-20-19-15(17)13-7-8-21-10-13)22-16(18-11)12-5-3-2-4-6-12/h2-8,10H,9H2,1H3,(H2,17,19). The fraction of sp³-hybridized carbons (Fsp3) is 0.125. The van der Waals surface area contributed by atoms with Gasteiger partial charge in [0.25, 0.3) is 0 Å². The number of rotatable bonds is 5. The maximum atomic E-state index is 5.86. The van der Waals surface area contributed by atoms with Gasteiger partial charge in [0.1, 0.15) is 5.01 Å². The van der Waals surface area contributed by atoms with Crippen LogP contribution in [0.15, 0.2) is 52.3 Å². The number of thiophene rings is 1. The van der Waals surface area contributed by atoms with Gasteiger partial charge in [0, 0.05) is 16.5 Å². The molecule has 0 bridgehead atoms. The summed E-state index contributed by atoms with van der Waals surface area (Å²) < 4.78 is 0. The van der Waals surface area contributed by atoms with Crippen molar-refractivity contribution in [2.75, 3.05) is 0 Å². The molecule has 0 aliphatic rings. The number of aromatic nitrogens is 1. The molecule has 2 aromatic heterocycles. The molecular formula is C16H15N3OS2. The van der Waals surface area contributed by atoms with Crippen LogP contribution < -0.4 is 5.73 Å². The fourth-order valence-corrected chi connectivity index (χ4v) is 3.51. The number of thiazole rings is 1. The van der Waals surface area contributed by atoms with Gasteiger partial charge in [0.2, 0.25) is 0 Å². The number of aryl methyl sites for hydroxylation is 1. The fourth-order valence-electron chi connectivity index (χ4n) is 1.89. The van der Waals surface area contributed by atoms with Crippen LogP contribution >= 0.6 is 22.7 Å². The van der Waals surface area contributed by atoms with Gasteiger partial charge in [-0.2, -0.15) is 11.3 Å². The number of oxime groups is 1. The van der Waals surface area contributed by atoms with E-state index in [-0.39, 0.29) is 0 Å². The number of hydrogen-bond acceptors (Lipinski definition) is 5. The minimum Gasteiger partial charge on any atom is -0.388 e. The molecular weight excluding hydrogens is 314 g/mol. The van der Waals surface area contributed by atoms with Crippen molar-refractivity contribution in [3.05, 3.63) is 63.3 Å². The summed E-state index contributed by atoms with van der Waals surface area (Å²) in [5.74, 6) is 0.395. The van der Waals surface area contributed by atoms with E-state index in [1.54, 1.807) is 22.7 Å². The highest BCUT2D eigenvalue weighted by molar-refractivity contribution is 7.15. The molecule has 0 aliphatic carbocycles. The van der Waals surface area contributed by atoms with E-state index >= 15 is 0 Å². The Kier molecular flexibility index (Phi) is 4.50. The third-order valence-corrected chi connectivity index (χ3v) is 4.95. The van der Waals surface area contributed by atoms with Crippen LogP contribution in [0.3, 0.4) is 0 Å². The molecule has 4 nitrogen and oxygen atoms in total. The summed E-state index contributed by atoms with van der Waals surface area (Å²) in [5, 5.41) is 8.85. The quantitative estimate of drug-likeness (QED) is 0.437. The molecule has 0 atom stereocenters. The lowest BCUT2D eigenvalue weighted by Gasteiger charge is -1.99. The van der Waals surface area contributed by atoms with Crippen LogP contribution in [0.25, 0.3) is 10.6 Å². The van der Waals surface area contributed by atoms with E-state index in [4.69, 9.17) is 10.6 Å². The summed E-state index contributed by atoms with van der Waals surface area (Å²) in [6.07, 6.45) is 0. The van der Waals surface area contributed by atoms with E-state index in [0.29, 0.717) is 12.4 Å². The number of nitrogens with zero attached hydrogens (tertiary/aromatic N) is 2. The van der Waals surface area contributed by atoms with E-state index in [1.165, 1.54) is 0 Å². The molecule has 0 saturated heterocycles. The Balaban J connectivity index is 1.69. The van der Waals surface area contributed by atoms with E-state index in [2.05, 4.69) is 22.3 Å². The molecule has 0 spiro atoms. The third kappa shape index (κ3) is 3.35. The normalized spacial score (nSPS) is 11.6. The summed E-state index contributed by atoms with van der Waals surface area (Å²) in [7, 11) is 0. The summed E-state index contributed by atoms with van der Waals surface area (Å²) in [4.78, 5) is 11.0. The van der Waals surface area contributed by atoms with Crippen molar-refractivity contribution in [3.63, 3.8) is 0 Å². The Morgan fingerprint density at radius 3 is 2.82 bits per heavy atom. The van der Waals surface area contributed by atoms with Gasteiger partial charge in [-0.1, -0.05) is 35.5 Å². The van der Waals surface area contributed by atoms with E-state index in [1.807, 2.05) is 41.9 Å². The second-order valence-electron chi connectivity index (χ2n) is 4.66. The van der Waals surface area contributed by atoms with Gasteiger partial charge in [0.15, 0.2) is 12.4 Å². The molecule has 22 heavy (non-hydrogen) atoms. The van der Waals surface area contributed by atoms with Gasteiger partial charge >= 0.3 is 0 Å². The molecule has 0 aliphatic heterocycles. The Labute approximate surface area is 136 Å². The second kappa shape index (κ2) is 6.72. The summed E-state index contributed by atoms with van der Waals surface area (Å²) >= 11 is 3.19. The molecule has 0 amide bonds. The van der Waals surface area contributed by atoms with Gasteiger partial charge in [0.05, 0.1) is 10.6 Å². The van der Waals surface area contributed by atoms with E-state index < -0.39 is 0 Å². The first-order chi connectivity index (χ1) is 10.7. The molecule has 112 valence electrons. The monoisotopic (exact) mass is 329 g/mol. The molecule has 2 N–H and O–H groups in total. The molecule has 0 radical (unpaired) electrons. The molecule has 6 heteroatoms. The molecule has 0 unspecified atom stereocenters. The summed E-state index contributed by atoms with van der Waals surface area (Å²) in [6, 6.07) is 12.0. The van der Waals surface area contributed by atoms with Crippen LogP contribution in [0.5, 0.6) is 0 Å². The summed E-state index contributed by atoms with van der Waals surface area (Å²) in [5.41, 5.74) is 8.82. The predicted molar refractivity (Wildman–Crippen MR) is 92.1 cm³/mol. The SMILES string of the molecule is Cc1nc(-c2ccccc2)sc1CO/N=C(/N)c1ccsc1. The van der Waals surface area contributed by atoms with Crippen molar-refractivity contribution in [1.82, 2.24) is 4.98 Å². The lowest BCUT2D eigenvalue weighted by atomic mass is 10.2. The number of hydrogen-bond donors (Lipinski definition) is 1. The summed E-state index contributed by atoms with van der Waals surface area (Å²) in [6.45, 7) is 2.36. The maximum absolute atomic E-state index is 5.86. The van der Waals surface area contributed by atoms with Gasteiger partial charge in [-0.3, -0.25) is 0 Å². The van der Waals surface area contributed by atoms with Crippen LogP contribution in [-0.2, 0) is 11.4 Å². The topological polar surface area (TPSA) is 60.5 Å². The van der Waals surface area contributed by atoms with Crippen LogP contribution in [0.2, 0.25) is 0 Å². The molecule has 2 heterocycles. The second-order valence-corrected chi connectivity index (χ2v) is 6.52. The van der Waals surface area contributed by atoms with Crippen LogP contribution in [-0.4, -0.2) is 10.8 Å². The smallest absolute Gasteiger partial charge is 0.171 e. The number of benzene rings is 1. The molecule has 0 fully saturated rings.